The van der Waals surface area contributed by atoms with Crippen molar-refractivity contribution in [2.24, 2.45) is 11.8 Å². The molecule has 2 rings (SSSR count). The normalized spacial score (nSPS) is 30.6. The standard InChI is InChI=1S/C22H36N/c1-12-13(2)16(5)21(17(6)14(12)3)22-18(7)15(4)19(8)23(10,11)20(22)9/h15,18-19,22H,9H2,1-8,10-11H3/q+1. The predicted molar refractivity (Wildman–Crippen MR) is 102 cm³/mol. The second-order valence-corrected chi connectivity index (χ2v) is 8.51. The molecule has 23 heavy (non-hydrogen) atoms. The Hall–Kier alpha value is -1.08. The molecule has 0 spiro atoms. The first-order valence-electron chi connectivity index (χ1n) is 9.04. The molecule has 1 aromatic rings. The highest BCUT2D eigenvalue weighted by Gasteiger charge is 2.48. The van der Waals surface area contributed by atoms with Crippen LogP contribution in [0.2, 0.25) is 0 Å². The first-order chi connectivity index (χ1) is 10.4. The summed E-state index contributed by atoms with van der Waals surface area (Å²) in [6, 6.07) is 0.613. The molecule has 0 bridgehead atoms. The molecule has 0 amide bonds. The maximum atomic E-state index is 4.60. The molecule has 1 aliphatic rings. The Morgan fingerprint density at radius 1 is 0.696 bits per heavy atom. The average molecular weight is 315 g/mol. The number of likely N-dealkylation sites (N-methyl/N-ethyl adjacent to an activating group) is 1. The summed E-state index contributed by atoms with van der Waals surface area (Å²) < 4.78 is 0.932. The summed E-state index contributed by atoms with van der Waals surface area (Å²) in [6.45, 7) is 23.3. The van der Waals surface area contributed by atoms with Crippen molar-refractivity contribution in [3.05, 3.63) is 45.7 Å². The lowest BCUT2D eigenvalue weighted by Crippen LogP contribution is -2.57. The van der Waals surface area contributed by atoms with Gasteiger partial charge in [-0.3, -0.25) is 4.48 Å². The highest BCUT2D eigenvalue weighted by atomic mass is 15.4. The fourth-order valence-corrected chi connectivity index (χ4v) is 4.68. The minimum absolute atomic E-state index is 0.453. The van der Waals surface area contributed by atoms with Gasteiger partial charge in [-0.1, -0.05) is 13.8 Å². The zero-order valence-corrected chi connectivity index (χ0v) is 17.0. The third-order valence-corrected chi connectivity index (χ3v) is 7.60. The van der Waals surface area contributed by atoms with Crippen molar-refractivity contribution in [1.82, 2.24) is 0 Å². The number of allylic oxidation sites excluding steroid dienone is 1. The van der Waals surface area contributed by atoms with E-state index in [-0.39, 0.29) is 0 Å². The van der Waals surface area contributed by atoms with Gasteiger partial charge in [0.1, 0.15) is 5.70 Å². The van der Waals surface area contributed by atoms with Crippen LogP contribution in [-0.2, 0) is 0 Å². The van der Waals surface area contributed by atoms with E-state index in [0.29, 0.717) is 23.8 Å². The second-order valence-electron chi connectivity index (χ2n) is 8.51. The largest absolute Gasteiger partial charge is 0.297 e. The third-order valence-electron chi connectivity index (χ3n) is 7.60. The van der Waals surface area contributed by atoms with E-state index in [9.17, 15) is 0 Å². The molecule has 0 N–H and O–H groups in total. The van der Waals surface area contributed by atoms with Gasteiger partial charge in [-0.05, 0) is 87.4 Å². The van der Waals surface area contributed by atoms with Gasteiger partial charge in [0.05, 0.1) is 26.1 Å². The van der Waals surface area contributed by atoms with Crippen molar-refractivity contribution < 1.29 is 4.48 Å². The van der Waals surface area contributed by atoms with Crippen molar-refractivity contribution >= 4 is 0 Å². The first kappa shape index (κ1) is 18.3. The van der Waals surface area contributed by atoms with Gasteiger partial charge < -0.3 is 0 Å². The van der Waals surface area contributed by atoms with E-state index < -0.39 is 0 Å². The van der Waals surface area contributed by atoms with Gasteiger partial charge in [-0.15, -0.1) is 0 Å². The van der Waals surface area contributed by atoms with E-state index in [4.69, 9.17) is 0 Å². The Kier molecular flexibility index (Phi) is 4.58. The number of piperidine rings is 1. The van der Waals surface area contributed by atoms with Crippen LogP contribution in [0.1, 0.15) is 60.1 Å². The number of hydrogen-bond donors (Lipinski definition) is 0. The zero-order valence-electron chi connectivity index (χ0n) is 17.0. The molecule has 0 aliphatic carbocycles. The maximum absolute atomic E-state index is 4.60. The Morgan fingerprint density at radius 3 is 1.52 bits per heavy atom. The van der Waals surface area contributed by atoms with Crippen LogP contribution in [0, 0.1) is 46.5 Å². The van der Waals surface area contributed by atoms with Gasteiger partial charge in [0.25, 0.3) is 0 Å². The topological polar surface area (TPSA) is 0 Å². The number of likely N-dealkylation sites (tertiary alicyclic amines) is 1. The maximum Gasteiger partial charge on any atom is 0.109 e. The van der Waals surface area contributed by atoms with Crippen LogP contribution in [0.15, 0.2) is 12.3 Å². The van der Waals surface area contributed by atoms with Crippen molar-refractivity contribution in [2.45, 2.75) is 67.3 Å². The van der Waals surface area contributed by atoms with Crippen molar-refractivity contribution in [1.29, 1.82) is 0 Å². The fraction of sp³-hybridized carbons (Fsp3) is 0.636. The summed E-state index contributed by atoms with van der Waals surface area (Å²) in [5.74, 6) is 1.76. The lowest BCUT2D eigenvalue weighted by Gasteiger charge is -2.51. The highest BCUT2D eigenvalue weighted by molar-refractivity contribution is 5.52. The molecular weight excluding hydrogens is 278 g/mol. The minimum atomic E-state index is 0.453. The van der Waals surface area contributed by atoms with E-state index in [1.54, 1.807) is 5.56 Å². The van der Waals surface area contributed by atoms with Crippen LogP contribution in [0.25, 0.3) is 0 Å². The zero-order chi connectivity index (χ0) is 17.9. The van der Waals surface area contributed by atoms with E-state index in [2.05, 4.69) is 76.1 Å². The molecule has 1 heteroatoms. The number of benzene rings is 1. The van der Waals surface area contributed by atoms with E-state index in [1.807, 2.05) is 0 Å². The SMILES string of the molecule is C=C1C(c2c(C)c(C)c(C)c(C)c2C)C(C)C(C)C(C)[N+]1(C)C. The molecular formula is C22H36N+. The lowest BCUT2D eigenvalue weighted by molar-refractivity contribution is -0.888. The van der Waals surface area contributed by atoms with Crippen LogP contribution < -0.4 is 0 Å². The summed E-state index contributed by atoms with van der Waals surface area (Å²) in [5.41, 5.74) is 10.2. The van der Waals surface area contributed by atoms with Gasteiger partial charge in [-0.2, -0.15) is 0 Å². The minimum Gasteiger partial charge on any atom is -0.297 e. The summed E-state index contributed by atoms with van der Waals surface area (Å²) >= 11 is 0. The first-order valence-corrected chi connectivity index (χ1v) is 9.04. The van der Waals surface area contributed by atoms with Gasteiger partial charge in [0.15, 0.2) is 0 Å². The lowest BCUT2D eigenvalue weighted by atomic mass is 9.68. The summed E-state index contributed by atoms with van der Waals surface area (Å²) in [6.07, 6.45) is 0. The number of quaternary nitrogens is 1. The van der Waals surface area contributed by atoms with Crippen LogP contribution >= 0.6 is 0 Å². The Balaban J connectivity index is 2.73. The van der Waals surface area contributed by atoms with E-state index in [1.165, 1.54) is 33.5 Å². The average Bonchev–Trinajstić information content (AvgIpc) is 2.51. The summed E-state index contributed by atoms with van der Waals surface area (Å²) in [7, 11) is 4.67. The van der Waals surface area contributed by atoms with Gasteiger partial charge in [-0.25, -0.2) is 0 Å². The molecule has 1 saturated heterocycles. The number of nitrogens with zero attached hydrogens (tertiary/aromatic N) is 1. The molecule has 4 unspecified atom stereocenters. The Morgan fingerprint density at radius 2 is 1.09 bits per heavy atom. The Bertz CT molecular complexity index is 621. The van der Waals surface area contributed by atoms with Gasteiger partial charge in [0.2, 0.25) is 0 Å². The second kappa shape index (κ2) is 5.77. The summed E-state index contributed by atoms with van der Waals surface area (Å²) in [4.78, 5) is 0. The van der Waals surface area contributed by atoms with E-state index >= 15 is 0 Å². The van der Waals surface area contributed by atoms with Gasteiger partial charge >= 0.3 is 0 Å². The van der Waals surface area contributed by atoms with Crippen LogP contribution in [0.5, 0.6) is 0 Å². The molecule has 1 nitrogen and oxygen atoms in total. The van der Waals surface area contributed by atoms with Crippen molar-refractivity contribution in [2.75, 3.05) is 14.1 Å². The number of rotatable bonds is 1. The van der Waals surface area contributed by atoms with Crippen LogP contribution in [-0.4, -0.2) is 24.6 Å². The van der Waals surface area contributed by atoms with Crippen LogP contribution in [0.4, 0.5) is 0 Å². The quantitative estimate of drug-likeness (QED) is 0.594. The molecule has 4 atom stereocenters. The third kappa shape index (κ3) is 2.48. The molecule has 0 aromatic heterocycles. The molecule has 1 aromatic carbocycles. The molecule has 128 valence electrons. The molecule has 1 fully saturated rings. The number of hydrogen-bond acceptors (Lipinski definition) is 0. The fourth-order valence-electron chi connectivity index (χ4n) is 4.68. The smallest absolute Gasteiger partial charge is 0.109 e. The molecule has 1 heterocycles. The Labute approximate surface area is 144 Å². The summed E-state index contributed by atoms with van der Waals surface area (Å²) in [5, 5.41) is 0. The predicted octanol–water partition coefficient (Wildman–Crippen LogP) is 5.58. The molecule has 1 aliphatic heterocycles. The monoisotopic (exact) mass is 314 g/mol. The van der Waals surface area contributed by atoms with E-state index in [0.717, 1.165) is 4.48 Å². The van der Waals surface area contributed by atoms with Gasteiger partial charge in [0, 0.05) is 5.92 Å². The molecule has 0 radical (unpaired) electrons. The van der Waals surface area contributed by atoms with Crippen molar-refractivity contribution in [3.63, 3.8) is 0 Å². The molecule has 0 saturated carbocycles. The highest BCUT2D eigenvalue weighted by Crippen LogP contribution is 2.49. The van der Waals surface area contributed by atoms with Crippen LogP contribution in [0.3, 0.4) is 0 Å². The van der Waals surface area contributed by atoms with Crippen molar-refractivity contribution in [3.8, 4) is 0 Å².